The van der Waals surface area contributed by atoms with Gasteiger partial charge in [-0.15, -0.1) is 0 Å². The van der Waals surface area contributed by atoms with Crippen molar-refractivity contribution < 1.29 is 13.2 Å². The number of rotatable bonds is 6. The Labute approximate surface area is 133 Å². The molecule has 124 valence electrons. The molecule has 0 saturated carbocycles. The monoisotopic (exact) mass is 326 g/mol. The Morgan fingerprint density at radius 2 is 1.73 bits per heavy atom. The molecule has 0 radical (unpaired) electrons. The van der Waals surface area contributed by atoms with Crippen molar-refractivity contribution >= 4 is 15.9 Å². The van der Waals surface area contributed by atoms with E-state index in [1.54, 1.807) is 20.8 Å². The summed E-state index contributed by atoms with van der Waals surface area (Å²) in [5, 5.41) is 2.89. The van der Waals surface area contributed by atoms with Crippen LogP contribution in [0.5, 0.6) is 0 Å². The number of carbonyl (C=O) groups excluding carboxylic acids is 1. The molecule has 0 aromatic heterocycles. The SMILES string of the molecule is CCCC(C)NC(=O)c1ccc(S(=O)(=O)NC(C)(C)C)cc1. The fourth-order valence-corrected chi connectivity index (χ4v) is 3.48. The summed E-state index contributed by atoms with van der Waals surface area (Å²) in [5.74, 6) is -0.186. The Kier molecular flexibility index (Phi) is 6.14. The Morgan fingerprint density at radius 1 is 1.18 bits per heavy atom. The van der Waals surface area contributed by atoms with E-state index in [0.717, 1.165) is 12.8 Å². The summed E-state index contributed by atoms with van der Waals surface area (Å²) in [5.41, 5.74) is -0.0950. The van der Waals surface area contributed by atoms with Crippen LogP contribution in [0.4, 0.5) is 0 Å². The highest BCUT2D eigenvalue weighted by Crippen LogP contribution is 2.14. The summed E-state index contributed by atoms with van der Waals surface area (Å²) in [6, 6.07) is 6.07. The van der Waals surface area contributed by atoms with Crippen LogP contribution in [0.25, 0.3) is 0 Å². The molecule has 0 spiro atoms. The maximum atomic E-state index is 12.2. The summed E-state index contributed by atoms with van der Waals surface area (Å²) >= 11 is 0. The van der Waals surface area contributed by atoms with E-state index in [0.29, 0.717) is 5.56 Å². The van der Waals surface area contributed by atoms with Crippen LogP contribution in [0.2, 0.25) is 0 Å². The van der Waals surface area contributed by atoms with E-state index in [-0.39, 0.29) is 16.8 Å². The Hall–Kier alpha value is -1.40. The summed E-state index contributed by atoms with van der Waals surface area (Å²) in [4.78, 5) is 12.2. The molecule has 1 amide bonds. The Morgan fingerprint density at radius 3 is 2.18 bits per heavy atom. The first-order valence-electron chi connectivity index (χ1n) is 7.50. The number of nitrogens with one attached hydrogen (secondary N) is 2. The normalized spacial score (nSPS) is 13.7. The average Bonchev–Trinajstić information content (AvgIpc) is 2.36. The van der Waals surface area contributed by atoms with Gasteiger partial charge in [0.05, 0.1) is 4.90 Å². The predicted octanol–water partition coefficient (Wildman–Crippen LogP) is 2.68. The summed E-state index contributed by atoms with van der Waals surface area (Å²) in [6.07, 6.45) is 1.91. The van der Waals surface area contributed by atoms with Crippen molar-refractivity contribution in [3.05, 3.63) is 29.8 Å². The molecular weight excluding hydrogens is 300 g/mol. The first-order chi connectivity index (χ1) is 10.0. The molecule has 6 heteroatoms. The number of hydrogen-bond donors (Lipinski definition) is 2. The van der Waals surface area contributed by atoms with Gasteiger partial charge in [-0.2, -0.15) is 0 Å². The standard InChI is InChI=1S/C16H26N2O3S/c1-6-7-12(2)17-15(19)13-8-10-14(11-9-13)22(20,21)18-16(3,4)5/h8-12,18H,6-7H2,1-5H3,(H,17,19). The molecular formula is C16H26N2O3S. The van der Waals surface area contributed by atoms with E-state index in [2.05, 4.69) is 17.0 Å². The van der Waals surface area contributed by atoms with Crippen LogP contribution in [0.3, 0.4) is 0 Å². The number of benzene rings is 1. The largest absolute Gasteiger partial charge is 0.350 e. The van der Waals surface area contributed by atoms with Crippen LogP contribution in [-0.2, 0) is 10.0 Å². The lowest BCUT2D eigenvalue weighted by Gasteiger charge is -2.20. The molecule has 0 heterocycles. The van der Waals surface area contributed by atoms with E-state index < -0.39 is 15.6 Å². The van der Waals surface area contributed by atoms with Gasteiger partial charge in [0.15, 0.2) is 0 Å². The highest BCUT2D eigenvalue weighted by Gasteiger charge is 2.22. The van der Waals surface area contributed by atoms with Gasteiger partial charge < -0.3 is 5.32 Å². The van der Waals surface area contributed by atoms with Crippen molar-refractivity contribution in [1.29, 1.82) is 0 Å². The van der Waals surface area contributed by atoms with Crippen molar-refractivity contribution in [2.24, 2.45) is 0 Å². The van der Waals surface area contributed by atoms with Crippen molar-refractivity contribution in [1.82, 2.24) is 10.0 Å². The second-order valence-corrected chi connectivity index (χ2v) is 8.23. The van der Waals surface area contributed by atoms with Gasteiger partial charge in [-0.1, -0.05) is 13.3 Å². The minimum absolute atomic E-state index is 0.100. The molecule has 22 heavy (non-hydrogen) atoms. The maximum Gasteiger partial charge on any atom is 0.251 e. The molecule has 1 unspecified atom stereocenters. The number of carbonyl (C=O) groups is 1. The van der Waals surface area contributed by atoms with Crippen LogP contribution < -0.4 is 10.0 Å². The van der Waals surface area contributed by atoms with Crippen LogP contribution in [0, 0.1) is 0 Å². The minimum Gasteiger partial charge on any atom is -0.350 e. The van der Waals surface area contributed by atoms with Gasteiger partial charge in [-0.3, -0.25) is 4.79 Å². The van der Waals surface area contributed by atoms with E-state index in [1.807, 2.05) is 6.92 Å². The fourth-order valence-electron chi connectivity index (χ4n) is 2.06. The molecule has 1 aromatic rings. The zero-order chi connectivity index (χ0) is 17.0. The minimum atomic E-state index is -3.57. The van der Waals surface area contributed by atoms with E-state index in [9.17, 15) is 13.2 Å². The predicted molar refractivity (Wildman–Crippen MR) is 88.4 cm³/mol. The molecule has 1 aromatic carbocycles. The van der Waals surface area contributed by atoms with Gasteiger partial charge >= 0.3 is 0 Å². The Bertz CT molecular complexity index is 601. The second kappa shape index (κ2) is 7.24. The lowest BCUT2D eigenvalue weighted by Crippen LogP contribution is -2.40. The highest BCUT2D eigenvalue weighted by molar-refractivity contribution is 7.89. The second-order valence-electron chi connectivity index (χ2n) is 6.54. The van der Waals surface area contributed by atoms with Crippen LogP contribution in [0.15, 0.2) is 29.2 Å². The molecule has 0 fully saturated rings. The van der Waals surface area contributed by atoms with Gasteiger partial charge in [0.25, 0.3) is 5.91 Å². The van der Waals surface area contributed by atoms with Crippen molar-refractivity contribution in [2.75, 3.05) is 0 Å². The van der Waals surface area contributed by atoms with Crippen molar-refractivity contribution in [3.63, 3.8) is 0 Å². The summed E-state index contributed by atoms with van der Waals surface area (Å²) in [7, 11) is -3.57. The molecule has 1 rings (SSSR count). The quantitative estimate of drug-likeness (QED) is 0.844. The molecule has 0 aliphatic heterocycles. The number of sulfonamides is 1. The zero-order valence-corrected chi connectivity index (χ0v) is 14.8. The highest BCUT2D eigenvalue weighted by atomic mass is 32.2. The van der Waals surface area contributed by atoms with Crippen LogP contribution in [0.1, 0.15) is 57.8 Å². The molecule has 0 saturated heterocycles. The molecule has 1 atom stereocenters. The smallest absolute Gasteiger partial charge is 0.251 e. The van der Waals surface area contributed by atoms with Gasteiger partial charge in [0.2, 0.25) is 10.0 Å². The third-order valence-corrected chi connectivity index (χ3v) is 4.74. The maximum absolute atomic E-state index is 12.2. The van der Waals surface area contributed by atoms with Crippen LogP contribution >= 0.6 is 0 Å². The molecule has 0 bridgehead atoms. The average molecular weight is 326 g/mol. The third-order valence-electron chi connectivity index (χ3n) is 2.97. The lowest BCUT2D eigenvalue weighted by atomic mass is 10.1. The van der Waals surface area contributed by atoms with E-state index in [4.69, 9.17) is 0 Å². The molecule has 2 N–H and O–H groups in total. The molecule has 0 aliphatic carbocycles. The molecule has 0 aliphatic rings. The van der Waals surface area contributed by atoms with E-state index in [1.165, 1.54) is 24.3 Å². The number of hydrogen-bond acceptors (Lipinski definition) is 3. The van der Waals surface area contributed by atoms with Crippen molar-refractivity contribution in [2.45, 2.75) is 63.9 Å². The first-order valence-corrected chi connectivity index (χ1v) is 8.98. The Balaban J connectivity index is 2.85. The zero-order valence-electron chi connectivity index (χ0n) is 13.9. The van der Waals surface area contributed by atoms with E-state index >= 15 is 0 Å². The third kappa shape index (κ3) is 5.77. The van der Waals surface area contributed by atoms with Crippen LogP contribution in [-0.4, -0.2) is 25.9 Å². The topological polar surface area (TPSA) is 75.3 Å². The lowest BCUT2D eigenvalue weighted by molar-refractivity contribution is 0.0938. The fraction of sp³-hybridized carbons (Fsp3) is 0.562. The van der Waals surface area contributed by atoms with Gasteiger partial charge in [-0.05, 0) is 58.4 Å². The molecule has 5 nitrogen and oxygen atoms in total. The summed E-state index contributed by atoms with van der Waals surface area (Å²) in [6.45, 7) is 9.35. The van der Waals surface area contributed by atoms with Crippen molar-refractivity contribution in [3.8, 4) is 0 Å². The number of amides is 1. The van der Waals surface area contributed by atoms with Gasteiger partial charge in [0, 0.05) is 17.1 Å². The van der Waals surface area contributed by atoms with Gasteiger partial charge in [-0.25, -0.2) is 13.1 Å². The summed E-state index contributed by atoms with van der Waals surface area (Å²) < 4.78 is 26.9. The van der Waals surface area contributed by atoms with Gasteiger partial charge in [0.1, 0.15) is 0 Å². The first kappa shape index (κ1) is 18.6.